The van der Waals surface area contributed by atoms with Gasteiger partial charge in [-0.1, -0.05) is 48.5 Å². The van der Waals surface area contributed by atoms with Gasteiger partial charge in [-0.15, -0.1) is 12.4 Å². The summed E-state index contributed by atoms with van der Waals surface area (Å²) in [4.78, 5) is 44.6. The van der Waals surface area contributed by atoms with Crippen LogP contribution in [-0.4, -0.2) is 36.9 Å². The van der Waals surface area contributed by atoms with E-state index in [1.54, 1.807) is 48.0 Å². The van der Waals surface area contributed by atoms with Gasteiger partial charge in [-0.05, 0) is 79.2 Å². The number of para-hydroxylation sites is 2. The maximum absolute atomic E-state index is 14.5. The van der Waals surface area contributed by atoms with Crippen molar-refractivity contribution < 1.29 is 14.4 Å². The summed E-state index contributed by atoms with van der Waals surface area (Å²) in [5.41, 5.74) is 14.4. The average Bonchev–Trinajstić information content (AvgIpc) is 3.08. The molecule has 1 unspecified atom stereocenters. The lowest BCUT2D eigenvalue weighted by Gasteiger charge is -2.36. The van der Waals surface area contributed by atoms with Crippen LogP contribution in [0, 0.1) is 12.8 Å². The minimum absolute atomic E-state index is 0. The SMILES string of the molecule is CNC(C)(C(N)=O)[C@@H]1CN(C(=O)c2ccc(N)cc2)c2ccccc2N(Cc2c(C)ccc3ccccc23)C1=O.Cl. The number of hydrogen-bond acceptors (Lipinski definition) is 5. The van der Waals surface area contributed by atoms with Gasteiger partial charge in [0.1, 0.15) is 5.54 Å². The Morgan fingerprint density at radius 2 is 1.59 bits per heavy atom. The normalized spacial score (nSPS) is 16.4. The third-order valence-corrected chi connectivity index (χ3v) is 8.11. The molecular formula is C32H34ClN5O3. The zero-order chi connectivity index (χ0) is 28.6. The number of anilines is 3. The van der Waals surface area contributed by atoms with Crippen LogP contribution in [0.5, 0.6) is 0 Å². The largest absolute Gasteiger partial charge is 0.399 e. The van der Waals surface area contributed by atoms with E-state index in [0.29, 0.717) is 22.6 Å². The number of halogens is 1. The highest BCUT2D eigenvalue weighted by Gasteiger charge is 2.48. The molecule has 4 aromatic carbocycles. The lowest BCUT2D eigenvalue weighted by atomic mass is 9.83. The second-order valence-electron chi connectivity index (χ2n) is 10.4. The van der Waals surface area contributed by atoms with Crippen molar-refractivity contribution in [3.8, 4) is 0 Å². The Bertz CT molecular complexity index is 1620. The summed E-state index contributed by atoms with van der Waals surface area (Å²) in [6, 6.07) is 26.1. The Kier molecular flexibility index (Phi) is 8.37. The van der Waals surface area contributed by atoms with Gasteiger partial charge in [0.05, 0.1) is 23.8 Å². The summed E-state index contributed by atoms with van der Waals surface area (Å²) >= 11 is 0. The number of carbonyl (C=O) groups excluding carboxylic acids is 3. The highest BCUT2D eigenvalue weighted by molar-refractivity contribution is 6.13. The molecule has 212 valence electrons. The smallest absolute Gasteiger partial charge is 0.258 e. The topological polar surface area (TPSA) is 122 Å². The molecule has 41 heavy (non-hydrogen) atoms. The molecule has 3 amide bonds. The Morgan fingerprint density at radius 1 is 0.951 bits per heavy atom. The summed E-state index contributed by atoms with van der Waals surface area (Å²) in [6.07, 6.45) is 0. The summed E-state index contributed by atoms with van der Waals surface area (Å²) < 4.78 is 0. The highest BCUT2D eigenvalue weighted by atomic mass is 35.5. The van der Waals surface area contributed by atoms with E-state index in [4.69, 9.17) is 11.5 Å². The van der Waals surface area contributed by atoms with Crippen LogP contribution in [0.15, 0.2) is 84.9 Å². The fraction of sp³-hybridized carbons (Fsp3) is 0.219. The molecule has 0 fully saturated rings. The molecule has 9 heteroatoms. The van der Waals surface area contributed by atoms with Crippen LogP contribution < -0.4 is 26.6 Å². The van der Waals surface area contributed by atoms with Crippen LogP contribution in [0.1, 0.15) is 28.4 Å². The second kappa shape index (κ2) is 11.6. The molecule has 1 aliphatic heterocycles. The average molecular weight is 572 g/mol. The van der Waals surface area contributed by atoms with Crippen molar-refractivity contribution in [3.05, 3.63) is 102 Å². The minimum atomic E-state index is -1.43. The maximum atomic E-state index is 14.5. The number of fused-ring (bicyclic) bond motifs is 2. The van der Waals surface area contributed by atoms with Gasteiger partial charge in [0.15, 0.2) is 0 Å². The van der Waals surface area contributed by atoms with E-state index in [1.807, 2.05) is 61.5 Å². The summed E-state index contributed by atoms with van der Waals surface area (Å²) in [5.74, 6) is -2.27. The molecule has 8 nitrogen and oxygen atoms in total. The van der Waals surface area contributed by atoms with Gasteiger partial charge >= 0.3 is 0 Å². The van der Waals surface area contributed by atoms with Crippen molar-refractivity contribution in [2.75, 3.05) is 29.1 Å². The number of primary amides is 1. The van der Waals surface area contributed by atoms with E-state index in [2.05, 4.69) is 11.4 Å². The van der Waals surface area contributed by atoms with Gasteiger partial charge in [-0.2, -0.15) is 0 Å². The van der Waals surface area contributed by atoms with Crippen LogP contribution in [0.3, 0.4) is 0 Å². The van der Waals surface area contributed by atoms with Gasteiger partial charge in [0.25, 0.3) is 5.91 Å². The molecule has 5 N–H and O–H groups in total. The van der Waals surface area contributed by atoms with Crippen molar-refractivity contribution in [2.45, 2.75) is 25.9 Å². The summed E-state index contributed by atoms with van der Waals surface area (Å²) in [7, 11) is 1.60. The fourth-order valence-corrected chi connectivity index (χ4v) is 5.44. The van der Waals surface area contributed by atoms with Crippen molar-refractivity contribution in [1.82, 2.24) is 5.32 Å². The van der Waals surface area contributed by atoms with Crippen LogP contribution in [0.2, 0.25) is 0 Å². The van der Waals surface area contributed by atoms with Gasteiger partial charge in [0.2, 0.25) is 11.8 Å². The van der Waals surface area contributed by atoms with Crippen molar-refractivity contribution in [3.63, 3.8) is 0 Å². The minimum Gasteiger partial charge on any atom is -0.399 e. The lowest BCUT2D eigenvalue weighted by molar-refractivity contribution is -0.133. The van der Waals surface area contributed by atoms with Gasteiger partial charge in [-0.25, -0.2) is 0 Å². The quantitative estimate of drug-likeness (QED) is 0.296. The predicted octanol–water partition coefficient (Wildman–Crippen LogP) is 4.43. The number of carbonyl (C=O) groups is 3. The van der Waals surface area contributed by atoms with Crippen molar-refractivity contribution >= 4 is 58.0 Å². The van der Waals surface area contributed by atoms with E-state index in [-0.39, 0.29) is 37.3 Å². The Labute approximate surface area is 245 Å². The number of likely N-dealkylation sites (N-methyl/N-ethyl adjacent to an activating group) is 1. The first-order chi connectivity index (χ1) is 19.2. The van der Waals surface area contributed by atoms with E-state index in [0.717, 1.165) is 21.9 Å². The van der Waals surface area contributed by atoms with Gasteiger partial charge in [0, 0.05) is 17.8 Å². The van der Waals surface area contributed by atoms with Crippen molar-refractivity contribution in [1.29, 1.82) is 0 Å². The number of amides is 3. The molecule has 1 heterocycles. The number of rotatable bonds is 6. The lowest BCUT2D eigenvalue weighted by Crippen LogP contribution is -2.63. The van der Waals surface area contributed by atoms with E-state index < -0.39 is 17.4 Å². The molecule has 0 saturated heterocycles. The predicted molar refractivity (Wildman–Crippen MR) is 166 cm³/mol. The number of nitrogens with one attached hydrogen (secondary N) is 1. The number of nitrogens with two attached hydrogens (primary N) is 2. The molecule has 0 radical (unpaired) electrons. The Balaban J connectivity index is 0.00000387. The Morgan fingerprint density at radius 3 is 2.24 bits per heavy atom. The molecule has 2 atom stereocenters. The second-order valence-corrected chi connectivity index (χ2v) is 10.4. The van der Waals surface area contributed by atoms with E-state index in [9.17, 15) is 14.4 Å². The number of benzene rings is 4. The van der Waals surface area contributed by atoms with Gasteiger partial charge in [-0.3, -0.25) is 14.4 Å². The van der Waals surface area contributed by atoms with Gasteiger partial charge < -0.3 is 26.6 Å². The van der Waals surface area contributed by atoms with Crippen LogP contribution in [0.4, 0.5) is 17.1 Å². The standard InChI is InChI=1S/C32H33N5O3.ClH/c1-20-12-13-21-8-4-5-9-24(21)25(20)18-36-27-10-6-7-11-28(27)37(29(38)22-14-16-23(33)17-15-22)19-26(30(36)39)32(2,35-3)31(34)40;/h4-17,26,35H,18-19,33H2,1-3H3,(H2,34,40);1H/t26-,32?;/m1./s1. The summed E-state index contributed by atoms with van der Waals surface area (Å²) in [6.45, 7) is 3.83. The fourth-order valence-electron chi connectivity index (χ4n) is 5.44. The number of nitrogens with zero attached hydrogens (tertiary/aromatic N) is 2. The molecule has 1 aliphatic rings. The van der Waals surface area contributed by atoms with Crippen LogP contribution in [-0.2, 0) is 16.1 Å². The van der Waals surface area contributed by atoms with Crippen LogP contribution >= 0.6 is 12.4 Å². The molecule has 4 aromatic rings. The molecular weight excluding hydrogens is 538 g/mol. The first-order valence-corrected chi connectivity index (χ1v) is 13.2. The first-order valence-electron chi connectivity index (χ1n) is 13.2. The van der Waals surface area contributed by atoms with Crippen LogP contribution in [0.25, 0.3) is 10.8 Å². The third kappa shape index (κ3) is 5.24. The Hall–Kier alpha value is -4.40. The number of hydrogen-bond donors (Lipinski definition) is 3. The zero-order valence-electron chi connectivity index (χ0n) is 23.3. The summed E-state index contributed by atoms with van der Waals surface area (Å²) in [5, 5.41) is 5.09. The molecule has 0 bridgehead atoms. The number of aryl methyl sites for hydroxylation is 1. The first kappa shape index (κ1) is 29.6. The maximum Gasteiger partial charge on any atom is 0.258 e. The molecule has 0 saturated carbocycles. The molecule has 0 spiro atoms. The zero-order valence-corrected chi connectivity index (χ0v) is 24.1. The molecule has 0 aromatic heterocycles. The van der Waals surface area contributed by atoms with E-state index in [1.165, 1.54) is 0 Å². The number of nitrogen functional groups attached to an aromatic ring is 1. The van der Waals surface area contributed by atoms with E-state index >= 15 is 0 Å². The monoisotopic (exact) mass is 571 g/mol. The highest BCUT2D eigenvalue weighted by Crippen LogP contribution is 2.39. The third-order valence-electron chi connectivity index (χ3n) is 8.11. The van der Waals surface area contributed by atoms with Crippen molar-refractivity contribution in [2.24, 2.45) is 11.7 Å². The molecule has 0 aliphatic carbocycles. The molecule has 5 rings (SSSR count).